The van der Waals surface area contributed by atoms with Gasteiger partial charge in [0.2, 0.25) is 0 Å². The van der Waals surface area contributed by atoms with Crippen molar-refractivity contribution in [3.05, 3.63) is 0 Å². The van der Waals surface area contributed by atoms with Crippen LogP contribution in [0.5, 0.6) is 0 Å². The van der Waals surface area contributed by atoms with E-state index in [1.54, 1.807) is 0 Å². The van der Waals surface area contributed by atoms with Crippen molar-refractivity contribution in [1.29, 1.82) is 0 Å². The van der Waals surface area contributed by atoms with E-state index in [0.717, 1.165) is 13.1 Å². The minimum Gasteiger partial charge on any atom is -0.329 e. The molecule has 1 rings (SSSR count). The Bertz CT molecular complexity index is 122. The van der Waals surface area contributed by atoms with E-state index in [9.17, 15) is 0 Å². The molecule has 1 heterocycles. The van der Waals surface area contributed by atoms with E-state index >= 15 is 0 Å². The molecule has 12 heavy (non-hydrogen) atoms. The van der Waals surface area contributed by atoms with Gasteiger partial charge in [0.15, 0.2) is 0 Å². The highest BCUT2D eigenvalue weighted by Crippen LogP contribution is 2.04. The summed E-state index contributed by atoms with van der Waals surface area (Å²) in [6.07, 6.45) is 0. The fourth-order valence-electron chi connectivity index (χ4n) is 1.69. The van der Waals surface area contributed by atoms with Crippen molar-refractivity contribution < 1.29 is 1.43 Å². The zero-order valence-electron chi connectivity index (χ0n) is 8.29. The molecule has 74 valence electrons. The lowest BCUT2D eigenvalue weighted by Gasteiger charge is -2.36. The third-order valence-corrected chi connectivity index (χ3v) is 2.58. The number of nitrogens with zero attached hydrogens (tertiary/aromatic N) is 2. The Labute approximate surface area is 77.0 Å². The normalized spacial score (nSPS) is 22.0. The molecule has 2 N–H and O–H groups in total. The molecule has 0 aliphatic carbocycles. The third-order valence-electron chi connectivity index (χ3n) is 2.58. The molecule has 0 radical (unpaired) electrons. The van der Waals surface area contributed by atoms with Gasteiger partial charge in [0.05, 0.1) is 0 Å². The quantitative estimate of drug-likeness (QED) is 0.662. The van der Waals surface area contributed by atoms with Crippen LogP contribution in [0.15, 0.2) is 0 Å². The molecular weight excluding hydrogens is 150 g/mol. The Morgan fingerprint density at radius 2 is 1.83 bits per heavy atom. The predicted octanol–water partition coefficient (Wildman–Crippen LogP) is 0.217. The molecule has 1 aliphatic heterocycles. The van der Waals surface area contributed by atoms with Gasteiger partial charge in [0, 0.05) is 46.7 Å². The fraction of sp³-hybridized carbons (Fsp3) is 1.00. The van der Waals surface area contributed by atoms with Crippen LogP contribution in [0, 0.1) is 0 Å². The molecule has 0 aromatic carbocycles. The molecule has 0 aromatic heterocycles. The first-order chi connectivity index (χ1) is 5.74. The molecule has 1 saturated heterocycles. The summed E-state index contributed by atoms with van der Waals surface area (Å²) < 4.78 is 0. The molecule has 3 heteroatoms. The second kappa shape index (κ2) is 4.80. The van der Waals surface area contributed by atoms with Gasteiger partial charge in [-0.3, -0.25) is 9.80 Å². The lowest BCUT2D eigenvalue weighted by atomic mass is 10.2. The van der Waals surface area contributed by atoms with Gasteiger partial charge in [-0.15, -0.1) is 0 Å². The summed E-state index contributed by atoms with van der Waals surface area (Å²) in [5.74, 6) is 0. The van der Waals surface area contributed by atoms with E-state index in [0.29, 0.717) is 6.04 Å². The van der Waals surface area contributed by atoms with Crippen molar-refractivity contribution in [3.63, 3.8) is 0 Å². The molecule has 0 amide bonds. The first kappa shape index (κ1) is 9.96. The molecule has 0 aromatic rings. The van der Waals surface area contributed by atoms with Crippen molar-refractivity contribution in [1.82, 2.24) is 9.80 Å². The molecule has 0 saturated carbocycles. The Kier molecular flexibility index (Phi) is 3.98. The molecule has 0 spiro atoms. The zero-order valence-corrected chi connectivity index (χ0v) is 8.29. The summed E-state index contributed by atoms with van der Waals surface area (Å²) in [6, 6.07) is 0.699. The summed E-state index contributed by atoms with van der Waals surface area (Å²) in [4.78, 5) is 4.96. The topological polar surface area (TPSA) is 32.5 Å². The summed E-state index contributed by atoms with van der Waals surface area (Å²) in [7, 11) is 0. The second-order valence-electron chi connectivity index (χ2n) is 3.76. The van der Waals surface area contributed by atoms with Crippen LogP contribution in [0.2, 0.25) is 0 Å². The fourth-order valence-corrected chi connectivity index (χ4v) is 1.69. The minimum absolute atomic E-state index is 0. The van der Waals surface area contributed by atoms with Gasteiger partial charge in [0.1, 0.15) is 0 Å². The largest absolute Gasteiger partial charge is 0.329 e. The van der Waals surface area contributed by atoms with E-state index in [-0.39, 0.29) is 1.43 Å². The number of hydrogen-bond acceptors (Lipinski definition) is 3. The van der Waals surface area contributed by atoms with Gasteiger partial charge in [-0.25, -0.2) is 0 Å². The molecule has 0 bridgehead atoms. The van der Waals surface area contributed by atoms with E-state index in [1.165, 1.54) is 26.2 Å². The molecule has 0 unspecified atom stereocenters. The lowest BCUT2D eigenvalue weighted by molar-refractivity contribution is 0.111. The van der Waals surface area contributed by atoms with Crippen molar-refractivity contribution in [2.75, 3.05) is 39.3 Å². The molecular formula is C9H23N3. The highest BCUT2D eigenvalue weighted by molar-refractivity contribution is 4.73. The molecule has 3 nitrogen and oxygen atoms in total. The van der Waals surface area contributed by atoms with E-state index in [1.807, 2.05) is 0 Å². The minimum atomic E-state index is 0. The standard InChI is InChI=1S/C9H21N3.H2/c1-9(2)12-7-5-11(4-3-10)6-8-12;/h9H,3-8,10H2,1-2H3;1H. The van der Waals surface area contributed by atoms with Crippen molar-refractivity contribution in [2.45, 2.75) is 19.9 Å². The van der Waals surface area contributed by atoms with Crippen LogP contribution >= 0.6 is 0 Å². The predicted molar refractivity (Wildman–Crippen MR) is 54.3 cm³/mol. The maximum Gasteiger partial charge on any atom is 0.0113 e. The van der Waals surface area contributed by atoms with Gasteiger partial charge < -0.3 is 5.73 Å². The number of hydrogen-bond donors (Lipinski definition) is 1. The Hall–Kier alpha value is -0.120. The monoisotopic (exact) mass is 173 g/mol. The number of rotatable bonds is 3. The molecule has 1 aliphatic rings. The smallest absolute Gasteiger partial charge is 0.0113 e. The maximum atomic E-state index is 5.50. The Morgan fingerprint density at radius 1 is 1.25 bits per heavy atom. The van der Waals surface area contributed by atoms with Crippen molar-refractivity contribution in [2.24, 2.45) is 5.73 Å². The average molecular weight is 173 g/mol. The van der Waals surface area contributed by atoms with Crippen LogP contribution in [0.3, 0.4) is 0 Å². The van der Waals surface area contributed by atoms with Crippen LogP contribution in [-0.2, 0) is 0 Å². The SMILES string of the molecule is CC(C)N1CCN(CCN)CC1.[HH]. The molecule has 0 atom stereocenters. The highest BCUT2D eigenvalue weighted by Gasteiger charge is 2.17. The second-order valence-corrected chi connectivity index (χ2v) is 3.76. The van der Waals surface area contributed by atoms with Gasteiger partial charge >= 0.3 is 0 Å². The average Bonchev–Trinajstić information content (AvgIpc) is 2.06. The Balaban J connectivity index is 0.00000144. The van der Waals surface area contributed by atoms with Gasteiger partial charge in [-0.05, 0) is 13.8 Å². The van der Waals surface area contributed by atoms with E-state index in [4.69, 9.17) is 5.73 Å². The van der Waals surface area contributed by atoms with E-state index in [2.05, 4.69) is 23.6 Å². The van der Waals surface area contributed by atoms with Crippen LogP contribution in [0.4, 0.5) is 0 Å². The summed E-state index contributed by atoms with van der Waals surface area (Å²) in [6.45, 7) is 11.2. The van der Waals surface area contributed by atoms with Crippen molar-refractivity contribution in [3.8, 4) is 0 Å². The first-order valence-electron chi connectivity index (χ1n) is 4.90. The molecule has 1 fully saturated rings. The van der Waals surface area contributed by atoms with Crippen LogP contribution in [0.1, 0.15) is 15.3 Å². The van der Waals surface area contributed by atoms with Crippen LogP contribution < -0.4 is 5.73 Å². The number of piperazine rings is 1. The Morgan fingerprint density at radius 3 is 2.25 bits per heavy atom. The van der Waals surface area contributed by atoms with Crippen LogP contribution in [-0.4, -0.2) is 55.1 Å². The summed E-state index contributed by atoms with van der Waals surface area (Å²) in [5, 5.41) is 0. The summed E-state index contributed by atoms with van der Waals surface area (Å²) >= 11 is 0. The first-order valence-corrected chi connectivity index (χ1v) is 4.90. The third kappa shape index (κ3) is 2.73. The van der Waals surface area contributed by atoms with Gasteiger partial charge in [-0.1, -0.05) is 0 Å². The van der Waals surface area contributed by atoms with Gasteiger partial charge in [0.25, 0.3) is 0 Å². The van der Waals surface area contributed by atoms with Crippen LogP contribution in [0.25, 0.3) is 0 Å². The maximum absolute atomic E-state index is 5.50. The highest BCUT2D eigenvalue weighted by atomic mass is 15.3. The zero-order chi connectivity index (χ0) is 8.97. The lowest BCUT2D eigenvalue weighted by Crippen LogP contribution is -2.49. The van der Waals surface area contributed by atoms with Crippen molar-refractivity contribution >= 4 is 0 Å². The van der Waals surface area contributed by atoms with E-state index < -0.39 is 0 Å². The van der Waals surface area contributed by atoms with Gasteiger partial charge in [-0.2, -0.15) is 0 Å². The number of nitrogens with two attached hydrogens (primary N) is 1. The summed E-state index contributed by atoms with van der Waals surface area (Å²) in [5.41, 5.74) is 5.50.